The summed E-state index contributed by atoms with van der Waals surface area (Å²) in [5, 5.41) is 0. The molecule has 3 nitrogen and oxygen atoms in total. The largest absolute Gasteiger partial charge is 0.477 e. The molecule has 0 bridgehead atoms. The summed E-state index contributed by atoms with van der Waals surface area (Å²) in [5.74, 6) is 0.521. The number of hydrogen-bond acceptors (Lipinski definition) is 3. The zero-order valence-electron chi connectivity index (χ0n) is 11.1. The summed E-state index contributed by atoms with van der Waals surface area (Å²) in [5.41, 5.74) is 4.99. The molecule has 19 heavy (non-hydrogen) atoms. The zero-order chi connectivity index (χ0) is 14.5. The van der Waals surface area contributed by atoms with Gasteiger partial charge in [-0.05, 0) is 24.8 Å². The molecule has 6 heteroatoms. The third kappa shape index (κ3) is 5.06. The highest BCUT2D eigenvalue weighted by molar-refractivity contribution is 5.29. The summed E-state index contributed by atoms with van der Waals surface area (Å²) in [6, 6.07) is 2.23. The van der Waals surface area contributed by atoms with Crippen LogP contribution in [0.15, 0.2) is 12.1 Å². The number of nitrogens with two attached hydrogens (primary N) is 1. The van der Waals surface area contributed by atoms with Crippen molar-refractivity contribution in [2.75, 3.05) is 6.61 Å². The molecule has 0 saturated carbocycles. The minimum absolute atomic E-state index is 0.0129. The van der Waals surface area contributed by atoms with Gasteiger partial charge in [0.1, 0.15) is 5.69 Å². The molecule has 0 atom stereocenters. The first kappa shape index (κ1) is 15.8. The Kier molecular flexibility index (Phi) is 5.60. The summed E-state index contributed by atoms with van der Waals surface area (Å²) in [7, 11) is 0. The summed E-state index contributed by atoms with van der Waals surface area (Å²) >= 11 is 0. The monoisotopic (exact) mass is 276 g/mol. The summed E-state index contributed by atoms with van der Waals surface area (Å²) in [4.78, 5) is 3.50. The third-order valence-corrected chi connectivity index (χ3v) is 2.61. The Morgan fingerprint density at radius 3 is 2.53 bits per heavy atom. The van der Waals surface area contributed by atoms with Gasteiger partial charge in [-0.1, -0.05) is 19.9 Å². The smallest absolute Gasteiger partial charge is 0.433 e. The molecule has 1 aromatic heterocycles. The molecule has 0 saturated heterocycles. The minimum Gasteiger partial charge on any atom is -0.477 e. The Morgan fingerprint density at radius 2 is 2.00 bits per heavy atom. The molecule has 0 amide bonds. The average Bonchev–Trinajstić information content (AvgIpc) is 2.33. The van der Waals surface area contributed by atoms with E-state index in [1.807, 2.05) is 0 Å². The third-order valence-electron chi connectivity index (χ3n) is 2.61. The predicted octanol–water partition coefficient (Wildman–Crippen LogP) is 3.37. The van der Waals surface area contributed by atoms with Crippen LogP contribution in [0.25, 0.3) is 0 Å². The van der Waals surface area contributed by atoms with Gasteiger partial charge in [-0.2, -0.15) is 13.2 Å². The molecule has 0 aliphatic rings. The molecular weight excluding hydrogens is 257 g/mol. The Bertz CT molecular complexity index is 405. The van der Waals surface area contributed by atoms with Crippen molar-refractivity contribution in [1.82, 2.24) is 4.98 Å². The van der Waals surface area contributed by atoms with Crippen molar-refractivity contribution in [3.8, 4) is 5.88 Å². The van der Waals surface area contributed by atoms with Crippen LogP contribution in [-0.2, 0) is 12.7 Å². The maximum atomic E-state index is 12.5. The zero-order valence-corrected chi connectivity index (χ0v) is 11.1. The fourth-order valence-corrected chi connectivity index (χ4v) is 1.57. The molecule has 0 radical (unpaired) electrons. The minimum atomic E-state index is -4.47. The van der Waals surface area contributed by atoms with Gasteiger partial charge in [0.25, 0.3) is 0 Å². The lowest BCUT2D eigenvalue weighted by molar-refractivity contribution is -0.141. The second-order valence-electron chi connectivity index (χ2n) is 4.75. The van der Waals surface area contributed by atoms with Crippen LogP contribution in [-0.4, -0.2) is 11.6 Å². The number of alkyl halides is 3. The van der Waals surface area contributed by atoms with Crippen LogP contribution in [0.4, 0.5) is 13.2 Å². The van der Waals surface area contributed by atoms with Crippen LogP contribution in [0, 0.1) is 5.92 Å². The van der Waals surface area contributed by atoms with E-state index in [2.05, 4.69) is 18.8 Å². The van der Waals surface area contributed by atoms with E-state index in [-0.39, 0.29) is 12.4 Å². The van der Waals surface area contributed by atoms with E-state index in [0.717, 1.165) is 18.9 Å². The molecule has 2 N–H and O–H groups in total. The van der Waals surface area contributed by atoms with Gasteiger partial charge in [0.15, 0.2) is 0 Å². The fourth-order valence-electron chi connectivity index (χ4n) is 1.57. The number of halogens is 3. The Labute approximate surface area is 111 Å². The van der Waals surface area contributed by atoms with Crippen molar-refractivity contribution >= 4 is 0 Å². The van der Waals surface area contributed by atoms with Gasteiger partial charge in [-0.15, -0.1) is 0 Å². The normalized spacial score (nSPS) is 11.9. The molecule has 0 unspecified atom stereocenters. The Hall–Kier alpha value is -1.30. The van der Waals surface area contributed by atoms with Gasteiger partial charge in [0, 0.05) is 12.1 Å². The lowest BCUT2D eigenvalue weighted by Crippen LogP contribution is -2.12. The molecular formula is C13H19F3N2O. The van der Waals surface area contributed by atoms with Gasteiger partial charge in [-0.25, -0.2) is 4.98 Å². The molecule has 0 fully saturated rings. The fraction of sp³-hybridized carbons (Fsp3) is 0.615. The van der Waals surface area contributed by atoms with Crippen LogP contribution in [0.3, 0.4) is 0 Å². The van der Waals surface area contributed by atoms with E-state index in [1.165, 1.54) is 6.07 Å². The number of hydrogen-bond donors (Lipinski definition) is 1. The first-order valence-corrected chi connectivity index (χ1v) is 6.24. The first-order chi connectivity index (χ1) is 8.84. The van der Waals surface area contributed by atoms with Crippen molar-refractivity contribution in [3.05, 3.63) is 23.4 Å². The van der Waals surface area contributed by atoms with Crippen molar-refractivity contribution < 1.29 is 17.9 Å². The van der Waals surface area contributed by atoms with E-state index in [1.54, 1.807) is 0 Å². The first-order valence-electron chi connectivity index (χ1n) is 6.24. The van der Waals surface area contributed by atoms with E-state index >= 15 is 0 Å². The number of pyridine rings is 1. The predicted molar refractivity (Wildman–Crippen MR) is 66.7 cm³/mol. The molecule has 0 spiro atoms. The number of rotatable bonds is 6. The molecule has 1 rings (SSSR count). The van der Waals surface area contributed by atoms with Gasteiger partial charge < -0.3 is 10.5 Å². The van der Waals surface area contributed by atoms with Gasteiger partial charge in [-0.3, -0.25) is 0 Å². The van der Waals surface area contributed by atoms with Crippen molar-refractivity contribution in [2.45, 2.75) is 39.4 Å². The van der Waals surface area contributed by atoms with E-state index in [9.17, 15) is 13.2 Å². The molecule has 0 aliphatic carbocycles. The number of ether oxygens (including phenoxy) is 1. The van der Waals surface area contributed by atoms with E-state index < -0.39 is 11.9 Å². The average molecular weight is 276 g/mol. The number of aromatic nitrogens is 1. The highest BCUT2D eigenvalue weighted by atomic mass is 19.4. The second kappa shape index (κ2) is 6.75. The van der Waals surface area contributed by atoms with Crippen LogP contribution >= 0.6 is 0 Å². The van der Waals surface area contributed by atoms with Crippen LogP contribution in [0.2, 0.25) is 0 Å². The van der Waals surface area contributed by atoms with Crippen LogP contribution in [0.1, 0.15) is 37.9 Å². The summed E-state index contributed by atoms with van der Waals surface area (Å²) in [6.45, 7) is 4.60. The highest BCUT2D eigenvalue weighted by Gasteiger charge is 2.33. The van der Waals surface area contributed by atoms with E-state index in [4.69, 9.17) is 10.5 Å². The molecule has 0 aromatic carbocycles. The highest BCUT2D eigenvalue weighted by Crippen LogP contribution is 2.30. The van der Waals surface area contributed by atoms with Crippen LogP contribution in [0.5, 0.6) is 5.88 Å². The Balaban J connectivity index is 2.73. The van der Waals surface area contributed by atoms with E-state index in [0.29, 0.717) is 18.1 Å². The van der Waals surface area contributed by atoms with Crippen molar-refractivity contribution in [3.63, 3.8) is 0 Å². The molecule has 108 valence electrons. The number of nitrogens with zero attached hydrogens (tertiary/aromatic N) is 1. The molecule has 1 heterocycles. The summed E-state index contributed by atoms with van der Waals surface area (Å²) in [6.07, 6.45) is -2.74. The topological polar surface area (TPSA) is 48.1 Å². The van der Waals surface area contributed by atoms with Crippen LogP contribution < -0.4 is 10.5 Å². The van der Waals surface area contributed by atoms with Crippen molar-refractivity contribution in [1.29, 1.82) is 0 Å². The maximum absolute atomic E-state index is 12.5. The lowest BCUT2D eigenvalue weighted by Gasteiger charge is -2.13. The maximum Gasteiger partial charge on any atom is 0.433 e. The summed E-state index contributed by atoms with van der Waals surface area (Å²) < 4.78 is 43.0. The van der Waals surface area contributed by atoms with Gasteiger partial charge in [0.05, 0.1) is 6.61 Å². The Morgan fingerprint density at radius 1 is 1.32 bits per heavy atom. The molecule has 1 aromatic rings. The van der Waals surface area contributed by atoms with Gasteiger partial charge >= 0.3 is 6.18 Å². The standard InChI is InChI=1S/C13H19F3N2O/c1-9(2)4-3-7-19-12-10(8-17)5-6-11(18-12)13(14,15)16/h5-6,9H,3-4,7-8,17H2,1-2H3. The molecule has 0 aliphatic heterocycles. The quantitative estimate of drug-likeness (QED) is 0.810. The van der Waals surface area contributed by atoms with Crippen molar-refractivity contribution in [2.24, 2.45) is 11.7 Å². The SMILES string of the molecule is CC(C)CCCOc1nc(C(F)(F)F)ccc1CN. The van der Waals surface area contributed by atoms with Gasteiger partial charge in [0.2, 0.25) is 5.88 Å². The second-order valence-corrected chi connectivity index (χ2v) is 4.75. The lowest BCUT2D eigenvalue weighted by atomic mass is 10.1.